The predicted molar refractivity (Wildman–Crippen MR) is 227 cm³/mol. The number of hydrogen-bond donors (Lipinski definition) is 0. The normalized spacial score (nSPS) is 13.9. The third kappa shape index (κ3) is 3.75. The molecule has 0 fully saturated rings. The molecule has 256 valence electrons. The Hall–Kier alpha value is -6.82. The van der Waals surface area contributed by atoms with Crippen molar-refractivity contribution < 1.29 is 0 Å². The third-order valence-electron chi connectivity index (χ3n) is 12.0. The maximum absolute atomic E-state index is 5.26. The number of fused-ring (bicyclic) bond motifs is 17. The molecule has 0 saturated carbocycles. The molecule has 4 heterocycles. The molecule has 0 radical (unpaired) electrons. The first-order chi connectivity index (χ1) is 27.3. The molecule has 1 aliphatic heterocycles. The monoisotopic (exact) mass is 718 g/mol. The summed E-state index contributed by atoms with van der Waals surface area (Å²) in [6.07, 6.45) is 0. The zero-order chi connectivity index (χ0) is 35.8. The van der Waals surface area contributed by atoms with Crippen molar-refractivity contribution in [2.24, 2.45) is 0 Å². The van der Waals surface area contributed by atoms with E-state index in [1.54, 1.807) is 0 Å². The van der Waals surface area contributed by atoms with Crippen LogP contribution in [0.1, 0.15) is 16.7 Å². The van der Waals surface area contributed by atoms with Crippen molar-refractivity contribution in [1.82, 2.24) is 18.7 Å². The first-order valence-corrected chi connectivity index (χ1v) is 19.6. The van der Waals surface area contributed by atoms with E-state index in [2.05, 4.69) is 196 Å². The highest BCUT2D eigenvalue weighted by atomic mass is 32.2. The maximum Gasteiger partial charge on any atom is 0.175 e. The summed E-state index contributed by atoms with van der Waals surface area (Å²) in [7, 11) is 0. The van der Waals surface area contributed by atoms with E-state index >= 15 is 0 Å². The fraction of sp³-hybridized carbons (Fsp3) is 0.0200. The summed E-state index contributed by atoms with van der Waals surface area (Å²) >= 11 is 1.88. The Morgan fingerprint density at radius 1 is 0.382 bits per heavy atom. The van der Waals surface area contributed by atoms with Crippen LogP contribution in [0.2, 0.25) is 0 Å². The summed E-state index contributed by atoms with van der Waals surface area (Å²) < 4.78 is 6.78. The molecule has 0 saturated heterocycles. The highest BCUT2D eigenvalue weighted by molar-refractivity contribution is 8.00. The number of aromatic nitrogens is 4. The highest BCUT2D eigenvalue weighted by Gasteiger charge is 2.50. The average molecular weight is 719 g/mol. The van der Waals surface area contributed by atoms with Crippen LogP contribution in [-0.4, -0.2) is 18.7 Å². The molecule has 8 aromatic carbocycles. The summed E-state index contributed by atoms with van der Waals surface area (Å²) in [6.45, 7) is 0. The molecule has 2 aliphatic rings. The molecule has 13 rings (SSSR count). The number of imidazole rings is 1. The standard InChI is InChI=1S/C50H30N4S/c1-6-18-39-33(13-1)34-14-2-7-19-40(34)50(39)41-30-32(26-28-47(41)54-48-24-12-8-20-42(48)51-49(54)55-50)53-45-23-11-5-17-37(45)38-29-31(25-27-46(38)53)52-43-21-9-3-15-35(43)36-16-4-10-22-44(36)52/h1-30H. The lowest BCUT2D eigenvalue weighted by Crippen LogP contribution is -2.29. The van der Waals surface area contributed by atoms with Gasteiger partial charge in [0.2, 0.25) is 0 Å². The quantitative estimate of drug-likeness (QED) is 0.178. The van der Waals surface area contributed by atoms with Crippen LogP contribution in [0.15, 0.2) is 187 Å². The first-order valence-electron chi connectivity index (χ1n) is 18.8. The molecule has 0 amide bonds. The summed E-state index contributed by atoms with van der Waals surface area (Å²) in [5, 5.41) is 6.02. The zero-order valence-corrected chi connectivity index (χ0v) is 30.3. The molecule has 55 heavy (non-hydrogen) atoms. The number of benzene rings is 8. The average Bonchev–Trinajstić information content (AvgIpc) is 3.97. The molecular weight excluding hydrogens is 689 g/mol. The molecular formula is C50H30N4S. The van der Waals surface area contributed by atoms with Crippen LogP contribution in [0.5, 0.6) is 0 Å². The molecule has 0 unspecified atom stereocenters. The molecule has 11 aromatic rings. The molecule has 3 aromatic heterocycles. The lowest BCUT2D eigenvalue weighted by molar-refractivity contribution is 0.811. The minimum atomic E-state index is -0.474. The fourth-order valence-electron chi connectivity index (χ4n) is 9.81. The van der Waals surface area contributed by atoms with E-state index in [-0.39, 0.29) is 0 Å². The van der Waals surface area contributed by atoms with Gasteiger partial charge in [0.25, 0.3) is 0 Å². The van der Waals surface area contributed by atoms with Crippen molar-refractivity contribution in [3.8, 4) is 28.2 Å². The summed E-state index contributed by atoms with van der Waals surface area (Å²) in [4.78, 5) is 5.26. The largest absolute Gasteiger partial charge is 0.309 e. The Morgan fingerprint density at radius 2 is 0.873 bits per heavy atom. The van der Waals surface area contributed by atoms with E-state index in [0.29, 0.717) is 0 Å². The van der Waals surface area contributed by atoms with E-state index < -0.39 is 4.75 Å². The van der Waals surface area contributed by atoms with Crippen LogP contribution < -0.4 is 0 Å². The van der Waals surface area contributed by atoms with E-state index in [1.165, 1.54) is 77.1 Å². The summed E-state index contributed by atoms with van der Waals surface area (Å²) in [5.74, 6) is 0. The van der Waals surface area contributed by atoms with Crippen molar-refractivity contribution in [3.63, 3.8) is 0 Å². The molecule has 0 bridgehead atoms. The number of thioether (sulfide) groups is 1. The second-order valence-electron chi connectivity index (χ2n) is 14.7. The zero-order valence-electron chi connectivity index (χ0n) is 29.5. The van der Waals surface area contributed by atoms with Crippen LogP contribution in [0.3, 0.4) is 0 Å². The van der Waals surface area contributed by atoms with Crippen LogP contribution in [0.25, 0.3) is 82.8 Å². The SMILES string of the molecule is c1ccc2c(c1)-c1ccccc1C21Sc2nc3ccccc3n2-c2ccc(-n3c4ccccc4c4cc(-n5c6ccccc6c6ccccc65)ccc43)cc21. The fourth-order valence-corrected chi connectivity index (χ4v) is 11.4. The van der Waals surface area contributed by atoms with E-state index in [4.69, 9.17) is 4.98 Å². The first kappa shape index (κ1) is 29.6. The predicted octanol–water partition coefficient (Wildman–Crippen LogP) is 12.6. The van der Waals surface area contributed by atoms with Gasteiger partial charge in [0.1, 0.15) is 4.75 Å². The minimum Gasteiger partial charge on any atom is -0.309 e. The summed E-state index contributed by atoms with van der Waals surface area (Å²) in [5.41, 5.74) is 16.9. The maximum atomic E-state index is 5.26. The minimum absolute atomic E-state index is 0.474. The van der Waals surface area contributed by atoms with Crippen molar-refractivity contribution in [3.05, 3.63) is 199 Å². The molecule has 0 atom stereocenters. The Morgan fingerprint density at radius 3 is 1.53 bits per heavy atom. The highest BCUT2D eigenvalue weighted by Crippen LogP contribution is 2.63. The Bertz CT molecular complexity index is 3330. The van der Waals surface area contributed by atoms with Crippen LogP contribution >= 0.6 is 11.8 Å². The van der Waals surface area contributed by atoms with Crippen molar-refractivity contribution in [2.45, 2.75) is 9.90 Å². The van der Waals surface area contributed by atoms with E-state index in [1.807, 2.05) is 11.8 Å². The van der Waals surface area contributed by atoms with Gasteiger partial charge in [-0.2, -0.15) is 0 Å². The van der Waals surface area contributed by atoms with Crippen molar-refractivity contribution in [1.29, 1.82) is 0 Å². The van der Waals surface area contributed by atoms with Gasteiger partial charge in [0.15, 0.2) is 5.16 Å². The van der Waals surface area contributed by atoms with Gasteiger partial charge in [0.05, 0.1) is 38.8 Å². The van der Waals surface area contributed by atoms with Gasteiger partial charge < -0.3 is 9.13 Å². The second kappa shape index (κ2) is 10.7. The van der Waals surface area contributed by atoms with Gasteiger partial charge in [-0.1, -0.05) is 127 Å². The van der Waals surface area contributed by atoms with Gasteiger partial charge in [-0.25, -0.2) is 4.98 Å². The van der Waals surface area contributed by atoms with Gasteiger partial charge >= 0.3 is 0 Å². The number of rotatable bonds is 2. The van der Waals surface area contributed by atoms with Gasteiger partial charge in [-0.05, 0) is 89.0 Å². The molecule has 0 N–H and O–H groups in total. The molecule has 1 spiro atoms. The van der Waals surface area contributed by atoms with E-state index in [9.17, 15) is 0 Å². The molecule has 1 aliphatic carbocycles. The molecule has 5 heteroatoms. The molecule has 4 nitrogen and oxygen atoms in total. The topological polar surface area (TPSA) is 27.7 Å². The van der Waals surface area contributed by atoms with Crippen molar-refractivity contribution in [2.75, 3.05) is 0 Å². The van der Waals surface area contributed by atoms with Crippen LogP contribution in [0, 0.1) is 0 Å². The van der Waals surface area contributed by atoms with Crippen LogP contribution in [0.4, 0.5) is 0 Å². The van der Waals surface area contributed by atoms with Gasteiger partial charge in [-0.15, -0.1) is 0 Å². The van der Waals surface area contributed by atoms with Gasteiger partial charge in [-0.3, -0.25) is 4.57 Å². The Balaban J connectivity index is 1.10. The lowest BCUT2D eigenvalue weighted by Gasteiger charge is -2.37. The second-order valence-corrected chi connectivity index (χ2v) is 15.9. The van der Waals surface area contributed by atoms with Gasteiger partial charge in [0, 0.05) is 38.5 Å². The Labute approximate surface area is 320 Å². The Kier molecular flexibility index (Phi) is 5.74. The third-order valence-corrected chi connectivity index (χ3v) is 13.5. The summed E-state index contributed by atoms with van der Waals surface area (Å²) in [6, 6.07) is 66.9. The number of nitrogens with zero attached hydrogens (tertiary/aromatic N) is 4. The van der Waals surface area contributed by atoms with E-state index in [0.717, 1.165) is 27.6 Å². The smallest absolute Gasteiger partial charge is 0.175 e. The number of hydrogen-bond acceptors (Lipinski definition) is 2. The van der Waals surface area contributed by atoms with Crippen LogP contribution in [-0.2, 0) is 4.75 Å². The number of para-hydroxylation sites is 5. The van der Waals surface area contributed by atoms with Crippen molar-refractivity contribution >= 4 is 66.4 Å². The lowest BCUT2D eigenvalue weighted by atomic mass is 9.86.